The summed E-state index contributed by atoms with van der Waals surface area (Å²) >= 11 is 1.56. The molecule has 0 radical (unpaired) electrons. The molecule has 0 unspecified atom stereocenters. The number of rotatable bonds is 7. The van der Waals surface area contributed by atoms with Crippen molar-refractivity contribution in [1.29, 1.82) is 0 Å². The highest BCUT2D eigenvalue weighted by molar-refractivity contribution is 7.18. The summed E-state index contributed by atoms with van der Waals surface area (Å²) in [5.41, 5.74) is 1.46. The van der Waals surface area contributed by atoms with Gasteiger partial charge in [0.1, 0.15) is 5.75 Å². The first kappa shape index (κ1) is 18.8. The first-order valence-corrected chi connectivity index (χ1v) is 9.36. The summed E-state index contributed by atoms with van der Waals surface area (Å²) in [6.07, 6.45) is -0.247. The minimum atomic E-state index is -0.905. The number of amides is 1. The molecule has 0 saturated heterocycles. The van der Waals surface area contributed by atoms with E-state index in [2.05, 4.69) is 10.3 Å². The van der Waals surface area contributed by atoms with Crippen LogP contribution in [0.1, 0.15) is 18.4 Å². The van der Waals surface area contributed by atoms with E-state index in [4.69, 9.17) is 9.47 Å². The molecule has 0 fully saturated rings. The van der Waals surface area contributed by atoms with Crippen LogP contribution in [0, 0.1) is 0 Å². The van der Waals surface area contributed by atoms with Crippen LogP contribution < -0.4 is 10.1 Å². The lowest BCUT2D eigenvalue weighted by Gasteiger charge is -2.15. The van der Waals surface area contributed by atoms with E-state index in [9.17, 15) is 9.59 Å². The molecule has 2 aromatic carbocycles. The van der Waals surface area contributed by atoms with Gasteiger partial charge in [0.25, 0.3) is 5.91 Å². The van der Waals surface area contributed by atoms with Gasteiger partial charge >= 0.3 is 5.97 Å². The number of esters is 1. The summed E-state index contributed by atoms with van der Waals surface area (Å²) in [6.45, 7) is 1.54. The molecule has 3 rings (SSSR count). The van der Waals surface area contributed by atoms with Gasteiger partial charge < -0.3 is 14.8 Å². The van der Waals surface area contributed by atoms with Crippen molar-refractivity contribution in [3.8, 4) is 5.75 Å². The monoisotopic (exact) mass is 384 g/mol. The van der Waals surface area contributed by atoms with Crippen LogP contribution in [0.25, 0.3) is 10.2 Å². The van der Waals surface area contributed by atoms with Gasteiger partial charge in [-0.05, 0) is 31.2 Å². The molecule has 3 aromatic rings. The van der Waals surface area contributed by atoms with Crippen LogP contribution in [0.15, 0.2) is 48.5 Å². The SMILES string of the molecule is COc1ccccc1NC(=O)[C@@H](C)OC(=O)CCc1nc2ccccc2s1. The summed E-state index contributed by atoms with van der Waals surface area (Å²) < 4.78 is 11.5. The number of aromatic nitrogens is 1. The smallest absolute Gasteiger partial charge is 0.306 e. The minimum Gasteiger partial charge on any atom is -0.495 e. The quantitative estimate of drug-likeness (QED) is 0.627. The molecular formula is C20H20N2O4S. The van der Waals surface area contributed by atoms with Gasteiger partial charge in [0, 0.05) is 6.42 Å². The first-order valence-electron chi connectivity index (χ1n) is 8.54. The van der Waals surface area contributed by atoms with Gasteiger partial charge in [0.2, 0.25) is 0 Å². The van der Waals surface area contributed by atoms with Crippen molar-refractivity contribution < 1.29 is 19.1 Å². The second kappa shape index (κ2) is 8.64. The fourth-order valence-electron chi connectivity index (χ4n) is 2.53. The van der Waals surface area contributed by atoms with Crippen LogP contribution >= 0.6 is 11.3 Å². The number of hydrogen-bond acceptors (Lipinski definition) is 6. The van der Waals surface area contributed by atoms with Gasteiger partial charge in [0.15, 0.2) is 6.10 Å². The average molecular weight is 384 g/mol. The summed E-state index contributed by atoms with van der Waals surface area (Å²) in [5, 5.41) is 3.58. The summed E-state index contributed by atoms with van der Waals surface area (Å²) in [5.74, 6) is -0.301. The lowest BCUT2D eigenvalue weighted by atomic mass is 10.2. The predicted octanol–water partition coefficient (Wildman–Crippen LogP) is 3.81. The molecule has 1 atom stereocenters. The zero-order valence-corrected chi connectivity index (χ0v) is 15.9. The molecule has 0 bridgehead atoms. The Balaban J connectivity index is 1.51. The third-order valence-electron chi connectivity index (χ3n) is 3.92. The van der Waals surface area contributed by atoms with Gasteiger partial charge in [-0.1, -0.05) is 24.3 Å². The molecule has 7 heteroatoms. The number of thiazole rings is 1. The van der Waals surface area contributed by atoms with Crippen LogP contribution in [0.2, 0.25) is 0 Å². The van der Waals surface area contributed by atoms with E-state index in [0.717, 1.165) is 15.2 Å². The Labute approximate surface area is 161 Å². The van der Waals surface area contributed by atoms with E-state index >= 15 is 0 Å². The third-order valence-corrected chi connectivity index (χ3v) is 5.02. The number of aryl methyl sites for hydroxylation is 1. The Kier molecular flexibility index (Phi) is 6.03. The fraction of sp³-hybridized carbons (Fsp3) is 0.250. The van der Waals surface area contributed by atoms with Crippen molar-refractivity contribution in [2.24, 2.45) is 0 Å². The third kappa shape index (κ3) is 4.83. The molecule has 6 nitrogen and oxygen atoms in total. The molecular weight excluding hydrogens is 364 g/mol. The number of nitrogens with one attached hydrogen (secondary N) is 1. The molecule has 1 heterocycles. The second-order valence-electron chi connectivity index (χ2n) is 5.90. The molecule has 0 aliphatic carbocycles. The highest BCUT2D eigenvalue weighted by Gasteiger charge is 2.19. The van der Waals surface area contributed by atoms with Crippen LogP contribution in [-0.2, 0) is 20.7 Å². The van der Waals surface area contributed by atoms with Crippen LogP contribution in [0.4, 0.5) is 5.69 Å². The second-order valence-corrected chi connectivity index (χ2v) is 7.01. The lowest BCUT2D eigenvalue weighted by Crippen LogP contribution is -2.30. The van der Waals surface area contributed by atoms with Gasteiger partial charge in [-0.2, -0.15) is 0 Å². The molecule has 27 heavy (non-hydrogen) atoms. The number of para-hydroxylation sites is 3. The number of carbonyl (C=O) groups is 2. The van der Waals surface area contributed by atoms with Gasteiger partial charge in [0.05, 0.1) is 34.4 Å². The van der Waals surface area contributed by atoms with E-state index in [-0.39, 0.29) is 6.42 Å². The molecule has 0 aliphatic heterocycles. The van der Waals surface area contributed by atoms with Gasteiger partial charge in [-0.15, -0.1) is 11.3 Å². The number of ether oxygens (including phenoxy) is 2. The standard InChI is InChI=1S/C20H20N2O4S/c1-13(20(24)22-14-7-3-5-9-16(14)25-2)26-19(23)12-11-18-21-15-8-4-6-10-17(15)27-18/h3-10,13H,11-12H2,1-2H3,(H,22,24)/t13-/m1/s1. The lowest BCUT2D eigenvalue weighted by molar-refractivity contribution is -0.153. The Bertz CT molecular complexity index is 921. The molecule has 0 aliphatic rings. The van der Waals surface area contributed by atoms with Crippen LogP contribution in [0.3, 0.4) is 0 Å². The van der Waals surface area contributed by atoms with Crippen molar-refractivity contribution in [3.63, 3.8) is 0 Å². The van der Waals surface area contributed by atoms with Crippen molar-refractivity contribution in [1.82, 2.24) is 4.98 Å². The topological polar surface area (TPSA) is 77.5 Å². The number of benzene rings is 2. The molecule has 1 N–H and O–H groups in total. The normalized spacial score (nSPS) is 11.8. The van der Waals surface area contributed by atoms with E-state index in [1.165, 1.54) is 7.11 Å². The Hall–Kier alpha value is -2.93. The number of fused-ring (bicyclic) bond motifs is 1. The van der Waals surface area contributed by atoms with Crippen molar-refractivity contribution in [2.45, 2.75) is 25.9 Å². The van der Waals surface area contributed by atoms with Crippen molar-refractivity contribution >= 4 is 39.1 Å². The molecule has 1 aromatic heterocycles. The zero-order valence-electron chi connectivity index (χ0n) is 15.1. The number of anilines is 1. The number of carbonyl (C=O) groups excluding carboxylic acids is 2. The first-order chi connectivity index (χ1) is 13.1. The largest absolute Gasteiger partial charge is 0.495 e. The maximum Gasteiger partial charge on any atom is 0.306 e. The van der Waals surface area contributed by atoms with E-state index in [1.54, 1.807) is 42.5 Å². The Morgan fingerprint density at radius 1 is 1.15 bits per heavy atom. The maximum absolute atomic E-state index is 12.3. The Morgan fingerprint density at radius 2 is 1.89 bits per heavy atom. The summed E-state index contributed by atoms with van der Waals surface area (Å²) in [7, 11) is 1.52. The molecule has 140 valence electrons. The predicted molar refractivity (Wildman–Crippen MR) is 105 cm³/mol. The molecule has 0 spiro atoms. The highest BCUT2D eigenvalue weighted by Crippen LogP contribution is 2.24. The average Bonchev–Trinajstić information content (AvgIpc) is 3.09. The van der Waals surface area contributed by atoms with Crippen LogP contribution in [-0.4, -0.2) is 30.1 Å². The van der Waals surface area contributed by atoms with Crippen LogP contribution in [0.5, 0.6) is 5.75 Å². The summed E-state index contributed by atoms with van der Waals surface area (Å²) in [4.78, 5) is 28.8. The minimum absolute atomic E-state index is 0.173. The molecule has 1 amide bonds. The number of methoxy groups -OCH3 is 1. The van der Waals surface area contributed by atoms with Gasteiger partial charge in [-0.3, -0.25) is 9.59 Å². The highest BCUT2D eigenvalue weighted by atomic mass is 32.1. The van der Waals surface area contributed by atoms with E-state index < -0.39 is 18.0 Å². The fourth-order valence-corrected chi connectivity index (χ4v) is 3.49. The van der Waals surface area contributed by atoms with Crippen molar-refractivity contribution in [2.75, 3.05) is 12.4 Å². The van der Waals surface area contributed by atoms with E-state index in [1.807, 2.05) is 24.3 Å². The zero-order chi connectivity index (χ0) is 19.2. The summed E-state index contributed by atoms with van der Waals surface area (Å²) in [6, 6.07) is 14.9. The number of hydrogen-bond donors (Lipinski definition) is 1. The van der Waals surface area contributed by atoms with E-state index in [0.29, 0.717) is 17.9 Å². The van der Waals surface area contributed by atoms with Crippen molar-refractivity contribution in [3.05, 3.63) is 53.5 Å². The van der Waals surface area contributed by atoms with Gasteiger partial charge in [-0.25, -0.2) is 4.98 Å². The number of nitrogens with zero attached hydrogens (tertiary/aromatic N) is 1. The molecule has 0 saturated carbocycles. The maximum atomic E-state index is 12.3. The Morgan fingerprint density at radius 3 is 2.67 bits per heavy atom.